The standard InChI is InChI=1S/C9H9BrFN/c10-5-3-7-6(8(11)4-5)1-2-9(7)12/h3-4,9H,1-2,12H2/t9-/m1/s1. The van der Waals surface area contributed by atoms with Gasteiger partial charge in [-0.1, -0.05) is 15.9 Å². The van der Waals surface area contributed by atoms with E-state index in [1.165, 1.54) is 6.07 Å². The summed E-state index contributed by atoms with van der Waals surface area (Å²) in [5.74, 6) is -0.132. The molecule has 1 atom stereocenters. The monoisotopic (exact) mass is 229 g/mol. The molecule has 1 aromatic carbocycles. The van der Waals surface area contributed by atoms with Gasteiger partial charge in [-0.25, -0.2) is 4.39 Å². The fourth-order valence-corrected chi connectivity index (χ4v) is 2.12. The molecule has 2 rings (SSSR count). The number of hydrogen-bond acceptors (Lipinski definition) is 1. The zero-order chi connectivity index (χ0) is 8.72. The summed E-state index contributed by atoms with van der Waals surface area (Å²) in [6.07, 6.45) is 1.64. The molecule has 0 radical (unpaired) electrons. The number of nitrogens with two attached hydrogens (primary N) is 1. The van der Waals surface area contributed by atoms with E-state index in [0.717, 1.165) is 28.4 Å². The minimum absolute atomic E-state index is 0.0204. The van der Waals surface area contributed by atoms with Crippen LogP contribution in [0.15, 0.2) is 16.6 Å². The van der Waals surface area contributed by atoms with E-state index in [9.17, 15) is 4.39 Å². The van der Waals surface area contributed by atoms with Crippen LogP contribution in [0.25, 0.3) is 0 Å². The van der Waals surface area contributed by atoms with Crippen molar-refractivity contribution in [1.29, 1.82) is 0 Å². The van der Waals surface area contributed by atoms with E-state index in [-0.39, 0.29) is 11.9 Å². The van der Waals surface area contributed by atoms with Crippen molar-refractivity contribution < 1.29 is 4.39 Å². The van der Waals surface area contributed by atoms with Crippen LogP contribution in [0, 0.1) is 5.82 Å². The molecule has 0 saturated heterocycles. The number of hydrogen-bond donors (Lipinski definition) is 1. The average Bonchev–Trinajstić information content (AvgIpc) is 2.33. The Kier molecular flexibility index (Phi) is 1.93. The van der Waals surface area contributed by atoms with Crippen LogP contribution in [0.5, 0.6) is 0 Å². The van der Waals surface area contributed by atoms with Crippen LogP contribution >= 0.6 is 15.9 Å². The van der Waals surface area contributed by atoms with Crippen molar-refractivity contribution in [2.75, 3.05) is 0 Å². The molecule has 1 aliphatic carbocycles. The highest BCUT2D eigenvalue weighted by Gasteiger charge is 2.22. The lowest BCUT2D eigenvalue weighted by atomic mass is 10.1. The molecule has 12 heavy (non-hydrogen) atoms. The molecule has 1 aromatic rings. The van der Waals surface area contributed by atoms with Crippen LogP contribution in [0.4, 0.5) is 4.39 Å². The van der Waals surface area contributed by atoms with E-state index in [1.807, 2.05) is 6.07 Å². The molecule has 3 heteroatoms. The van der Waals surface area contributed by atoms with Crippen molar-refractivity contribution in [2.45, 2.75) is 18.9 Å². The van der Waals surface area contributed by atoms with Crippen LogP contribution < -0.4 is 5.73 Å². The molecule has 2 N–H and O–H groups in total. The number of benzene rings is 1. The molecule has 0 unspecified atom stereocenters. The van der Waals surface area contributed by atoms with Crippen LogP contribution in [0.1, 0.15) is 23.6 Å². The maximum Gasteiger partial charge on any atom is 0.127 e. The summed E-state index contributed by atoms with van der Waals surface area (Å²) in [5.41, 5.74) is 7.55. The lowest BCUT2D eigenvalue weighted by Gasteiger charge is -2.05. The summed E-state index contributed by atoms with van der Waals surface area (Å²) in [4.78, 5) is 0. The van der Waals surface area contributed by atoms with E-state index in [0.29, 0.717) is 0 Å². The van der Waals surface area contributed by atoms with Crippen LogP contribution in [-0.2, 0) is 6.42 Å². The molecule has 64 valence electrons. The molecule has 0 aliphatic heterocycles. The van der Waals surface area contributed by atoms with Gasteiger partial charge in [-0.3, -0.25) is 0 Å². The summed E-state index contributed by atoms with van der Waals surface area (Å²) in [6.45, 7) is 0. The second-order valence-electron chi connectivity index (χ2n) is 3.10. The molecule has 0 amide bonds. The van der Waals surface area contributed by atoms with Crippen molar-refractivity contribution in [2.24, 2.45) is 5.73 Å². The predicted molar refractivity (Wildman–Crippen MR) is 49.3 cm³/mol. The van der Waals surface area contributed by atoms with Crippen molar-refractivity contribution in [3.05, 3.63) is 33.5 Å². The van der Waals surface area contributed by atoms with E-state index in [2.05, 4.69) is 15.9 Å². The zero-order valence-corrected chi connectivity index (χ0v) is 8.07. The number of rotatable bonds is 0. The number of halogens is 2. The smallest absolute Gasteiger partial charge is 0.127 e. The van der Waals surface area contributed by atoms with Gasteiger partial charge in [0.15, 0.2) is 0 Å². The molecule has 0 spiro atoms. The fraction of sp³-hybridized carbons (Fsp3) is 0.333. The van der Waals surface area contributed by atoms with Gasteiger partial charge in [0, 0.05) is 10.5 Å². The first-order valence-electron chi connectivity index (χ1n) is 3.92. The van der Waals surface area contributed by atoms with Gasteiger partial charge in [0.2, 0.25) is 0 Å². The van der Waals surface area contributed by atoms with Crippen molar-refractivity contribution >= 4 is 15.9 Å². The lowest BCUT2D eigenvalue weighted by Crippen LogP contribution is -2.05. The van der Waals surface area contributed by atoms with Crippen molar-refractivity contribution in [1.82, 2.24) is 0 Å². The third-order valence-electron chi connectivity index (χ3n) is 2.30. The molecule has 1 nitrogen and oxygen atoms in total. The van der Waals surface area contributed by atoms with Crippen LogP contribution in [0.3, 0.4) is 0 Å². The SMILES string of the molecule is N[C@@H]1CCc2c(F)cc(Br)cc21. The minimum atomic E-state index is -0.132. The summed E-state index contributed by atoms with van der Waals surface area (Å²) in [7, 11) is 0. The van der Waals surface area contributed by atoms with Gasteiger partial charge in [0.25, 0.3) is 0 Å². The summed E-state index contributed by atoms with van der Waals surface area (Å²) in [6, 6.07) is 3.43. The second-order valence-corrected chi connectivity index (χ2v) is 4.02. The van der Waals surface area contributed by atoms with Crippen LogP contribution in [-0.4, -0.2) is 0 Å². The first-order valence-corrected chi connectivity index (χ1v) is 4.71. The van der Waals surface area contributed by atoms with Gasteiger partial charge in [-0.05, 0) is 36.1 Å². The highest BCUT2D eigenvalue weighted by Crippen LogP contribution is 2.33. The maximum absolute atomic E-state index is 13.2. The van der Waals surface area contributed by atoms with Crippen molar-refractivity contribution in [3.8, 4) is 0 Å². The first-order chi connectivity index (χ1) is 5.68. The highest BCUT2D eigenvalue weighted by atomic mass is 79.9. The summed E-state index contributed by atoms with van der Waals surface area (Å²) in [5, 5.41) is 0. The molecule has 0 saturated carbocycles. The third kappa shape index (κ3) is 1.17. The average molecular weight is 230 g/mol. The molecular weight excluding hydrogens is 221 g/mol. The van der Waals surface area contributed by atoms with Crippen molar-refractivity contribution in [3.63, 3.8) is 0 Å². The van der Waals surface area contributed by atoms with Gasteiger partial charge >= 0.3 is 0 Å². The fourth-order valence-electron chi connectivity index (χ4n) is 1.67. The Bertz CT molecular complexity index is 325. The Morgan fingerprint density at radius 1 is 1.50 bits per heavy atom. The van der Waals surface area contributed by atoms with E-state index < -0.39 is 0 Å². The molecular formula is C9H9BrFN. The quantitative estimate of drug-likeness (QED) is 0.728. The molecule has 0 aromatic heterocycles. The Labute approximate surface area is 78.9 Å². The molecule has 0 heterocycles. The van der Waals surface area contributed by atoms with E-state index in [4.69, 9.17) is 5.73 Å². The maximum atomic E-state index is 13.2. The number of fused-ring (bicyclic) bond motifs is 1. The zero-order valence-electron chi connectivity index (χ0n) is 6.48. The topological polar surface area (TPSA) is 26.0 Å². The van der Waals surface area contributed by atoms with Crippen LogP contribution in [0.2, 0.25) is 0 Å². The van der Waals surface area contributed by atoms with E-state index in [1.54, 1.807) is 0 Å². The highest BCUT2D eigenvalue weighted by molar-refractivity contribution is 9.10. The first kappa shape index (κ1) is 8.20. The van der Waals surface area contributed by atoms with Gasteiger partial charge in [0.05, 0.1) is 0 Å². The lowest BCUT2D eigenvalue weighted by molar-refractivity contribution is 0.611. The molecule has 0 bridgehead atoms. The summed E-state index contributed by atoms with van der Waals surface area (Å²) >= 11 is 3.25. The second kappa shape index (κ2) is 2.82. The van der Waals surface area contributed by atoms with Gasteiger partial charge in [0.1, 0.15) is 5.82 Å². The predicted octanol–water partition coefficient (Wildman–Crippen LogP) is 2.53. The van der Waals surface area contributed by atoms with Gasteiger partial charge in [-0.15, -0.1) is 0 Å². The van der Waals surface area contributed by atoms with E-state index >= 15 is 0 Å². The molecule has 1 aliphatic rings. The largest absolute Gasteiger partial charge is 0.324 e. The third-order valence-corrected chi connectivity index (χ3v) is 2.76. The molecule has 0 fully saturated rings. The van der Waals surface area contributed by atoms with Gasteiger partial charge in [-0.2, -0.15) is 0 Å². The summed E-state index contributed by atoms with van der Waals surface area (Å²) < 4.78 is 14.0. The Balaban J connectivity index is 2.60. The van der Waals surface area contributed by atoms with Gasteiger partial charge < -0.3 is 5.73 Å². The normalized spacial score (nSPS) is 21.1. The Morgan fingerprint density at radius 3 is 3.00 bits per heavy atom. The Morgan fingerprint density at radius 2 is 2.25 bits per heavy atom. The minimum Gasteiger partial charge on any atom is -0.324 e. The Hall–Kier alpha value is -0.410.